The summed E-state index contributed by atoms with van der Waals surface area (Å²) >= 11 is 0. The molecule has 4 saturated carbocycles. The Morgan fingerprint density at radius 3 is 2.40 bits per heavy atom. The van der Waals surface area contributed by atoms with E-state index in [2.05, 4.69) is 40.7 Å². The minimum Gasteiger partial charge on any atom is -0.392 e. The molecule has 10 nitrogen and oxygen atoms in total. The largest absolute Gasteiger partial charge is 0.392 e. The molecular weight excluding hydrogens is 580 g/mol. The van der Waals surface area contributed by atoms with E-state index in [0.717, 1.165) is 25.7 Å². The maximum absolute atomic E-state index is 12.6. The first-order valence-electron chi connectivity index (χ1n) is 17.3. The van der Waals surface area contributed by atoms with Gasteiger partial charge in [-0.15, -0.1) is 0 Å². The average Bonchev–Trinajstić information content (AvgIpc) is 3.44. The predicted molar refractivity (Wildman–Crippen MR) is 160 cm³/mol. The average molecular weight is 635 g/mol. The van der Waals surface area contributed by atoms with E-state index in [0.29, 0.717) is 12.8 Å². The van der Waals surface area contributed by atoms with Crippen molar-refractivity contribution < 1.29 is 49.6 Å². The topological polar surface area (TPSA) is 158 Å². The van der Waals surface area contributed by atoms with E-state index in [-0.39, 0.29) is 52.8 Å². The number of ether oxygens (including phenoxy) is 4. The highest BCUT2D eigenvalue weighted by molar-refractivity contribution is 5.49. The molecule has 3 aliphatic heterocycles. The van der Waals surface area contributed by atoms with Gasteiger partial charge < -0.3 is 49.6 Å². The normalized spacial score (nSPS) is 61.0. The van der Waals surface area contributed by atoms with E-state index in [1.165, 1.54) is 5.57 Å². The van der Waals surface area contributed by atoms with Crippen LogP contribution in [-0.4, -0.2) is 104 Å². The molecule has 8 rings (SSSR count). The maximum atomic E-state index is 12.6. The van der Waals surface area contributed by atoms with Gasteiger partial charge in [-0.25, -0.2) is 0 Å². The van der Waals surface area contributed by atoms with Gasteiger partial charge in [0.15, 0.2) is 12.1 Å². The minimum absolute atomic E-state index is 0.0557. The number of hydrogen-bond donors (Lipinski definition) is 6. The third-order valence-electron chi connectivity index (χ3n) is 15.3. The van der Waals surface area contributed by atoms with Crippen LogP contribution in [0.15, 0.2) is 11.6 Å². The fourth-order valence-corrected chi connectivity index (χ4v) is 13.2. The highest BCUT2D eigenvalue weighted by Crippen LogP contribution is 2.89. The first kappa shape index (κ1) is 31.6. The van der Waals surface area contributed by atoms with Crippen molar-refractivity contribution in [2.45, 2.75) is 154 Å². The number of hydrogen-bond acceptors (Lipinski definition) is 10. The summed E-state index contributed by atoms with van der Waals surface area (Å²) < 4.78 is 25.5. The van der Waals surface area contributed by atoms with Crippen molar-refractivity contribution in [3.63, 3.8) is 0 Å². The number of allylic oxidation sites excluding steroid dienone is 1. The molecule has 3 saturated heterocycles. The van der Waals surface area contributed by atoms with E-state index in [4.69, 9.17) is 18.9 Å². The third kappa shape index (κ3) is 3.46. The van der Waals surface area contributed by atoms with Gasteiger partial charge in [-0.1, -0.05) is 46.3 Å². The van der Waals surface area contributed by atoms with Gasteiger partial charge in [-0.2, -0.15) is 0 Å². The van der Waals surface area contributed by atoms with Crippen LogP contribution in [0.3, 0.4) is 0 Å². The van der Waals surface area contributed by atoms with Gasteiger partial charge in [0.2, 0.25) is 0 Å². The molecule has 3 heterocycles. The monoisotopic (exact) mass is 634 g/mol. The fraction of sp³-hybridized carbons (Fsp3) is 0.943. The van der Waals surface area contributed by atoms with Gasteiger partial charge in [0.05, 0.1) is 30.5 Å². The van der Waals surface area contributed by atoms with Crippen LogP contribution >= 0.6 is 0 Å². The Kier molecular flexibility index (Phi) is 6.40. The standard InChI is InChI=1S/C35H54O10/c1-16-12-18-26(30(4,5)41)45-35(44-18)25(16)32(7)21(37)13-34-15-33(34)11-10-22(43-27-24(39)23(38)17(36)14-42-27)29(2,3)19(33)8-9-20(34)31(32,6)28(35)40/h9,16-19,21-28,36-41H,8,10-15H2,1-7H3/t16-,17+,18-,19+,21-,22+,23+,24-,25-,26+,27+,28-,31-,32-,33-,34+,35+/m1/s1. The van der Waals surface area contributed by atoms with Crippen molar-refractivity contribution >= 4 is 0 Å². The second-order valence-electron chi connectivity index (χ2n) is 17.9. The summed E-state index contributed by atoms with van der Waals surface area (Å²) in [5.74, 6) is -1.18. The molecule has 2 bridgehead atoms. The lowest BCUT2D eigenvalue weighted by Gasteiger charge is -2.61. The molecule has 0 aromatic heterocycles. The van der Waals surface area contributed by atoms with Crippen molar-refractivity contribution in [3.05, 3.63) is 11.6 Å². The fourth-order valence-electron chi connectivity index (χ4n) is 13.2. The molecule has 0 amide bonds. The molecule has 45 heavy (non-hydrogen) atoms. The molecule has 5 aliphatic carbocycles. The van der Waals surface area contributed by atoms with Crippen molar-refractivity contribution in [2.24, 2.45) is 44.8 Å². The minimum atomic E-state index is -1.33. The Hall–Kier alpha value is -0.660. The molecule has 6 N–H and O–H groups in total. The van der Waals surface area contributed by atoms with E-state index in [1.54, 1.807) is 13.8 Å². The molecular formula is C35H54O10. The van der Waals surface area contributed by atoms with E-state index >= 15 is 0 Å². The number of fused-ring (bicyclic) bond motifs is 4. The molecule has 254 valence electrons. The number of aliphatic hydroxyl groups excluding tert-OH is 5. The Morgan fingerprint density at radius 2 is 1.71 bits per heavy atom. The lowest BCUT2D eigenvalue weighted by molar-refractivity contribution is -0.301. The number of rotatable bonds is 3. The summed E-state index contributed by atoms with van der Waals surface area (Å²) in [5.41, 5.74) is -2.00. The highest BCUT2D eigenvalue weighted by atomic mass is 16.8. The van der Waals surface area contributed by atoms with Gasteiger partial charge in [-0.05, 0) is 75.0 Å². The molecule has 0 aromatic carbocycles. The summed E-state index contributed by atoms with van der Waals surface area (Å²) in [6.07, 6.45) is -0.571. The zero-order valence-corrected chi connectivity index (χ0v) is 27.8. The first-order chi connectivity index (χ1) is 20.8. The van der Waals surface area contributed by atoms with Crippen LogP contribution < -0.4 is 0 Å². The molecule has 17 atom stereocenters. The van der Waals surface area contributed by atoms with Crippen LogP contribution in [-0.2, 0) is 18.9 Å². The van der Waals surface area contributed by atoms with Crippen LogP contribution in [0.1, 0.15) is 87.0 Å². The zero-order chi connectivity index (χ0) is 32.5. The van der Waals surface area contributed by atoms with Crippen LogP contribution in [0.5, 0.6) is 0 Å². The van der Waals surface area contributed by atoms with Gasteiger partial charge in [0.1, 0.15) is 30.5 Å². The van der Waals surface area contributed by atoms with E-state index in [9.17, 15) is 30.6 Å². The zero-order valence-electron chi connectivity index (χ0n) is 27.8. The van der Waals surface area contributed by atoms with Crippen LogP contribution in [0.2, 0.25) is 0 Å². The summed E-state index contributed by atoms with van der Waals surface area (Å²) in [6.45, 7) is 14.3. The SMILES string of the molecule is C[C@@H]1C[C@H]2O[C@]3(O[C@@H]2C(C)(C)O)[C@H]1[C@@]1(C)[C@H](O)C[C@@]24C[C@@]25CC[C@H](O[C@@H]2OC[C@H](O)[C@H](O)[C@H]2O)C(C)(C)[C@@H]5CC=C4[C@]1(C)[C@H]3O. The summed E-state index contributed by atoms with van der Waals surface area (Å²) in [6, 6.07) is 0. The van der Waals surface area contributed by atoms with Crippen molar-refractivity contribution in [2.75, 3.05) is 6.61 Å². The third-order valence-corrected chi connectivity index (χ3v) is 15.3. The summed E-state index contributed by atoms with van der Waals surface area (Å²) in [4.78, 5) is 0. The van der Waals surface area contributed by atoms with Crippen molar-refractivity contribution in [3.8, 4) is 0 Å². The summed E-state index contributed by atoms with van der Waals surface area (Å²) in [7, 11) is 0. The smallest absolute Gasteiger partial charge is 0.200 e. The van der Waals surface area contributed by atoms with Crippen LogP contribution in [0.4, 0.5) is 0 Å². The Morgan fingerprint density at radius 1 is 1.00 bits per heavy atom. The first-order valence-corrected chi connectivity index (χ1v) is 17.3. The quantitative estimate of drug-likeness (QED) is 0.254. The van der Waals surface area contributed by atoms with Crippen LogP contribution in [0.25, 0.3) is 0 Å². The van der Waals surface area contributed by atoms with E-state index in [1.807, 2.05) is 0 Å². The second kappa shape index (κ2) is 9.11. The molecule has 7 fully saturated rings. The molecule has 10 heteroatoms. The van der Waals surface area contributed by atoms with Gasteiger partial charge in [0, 0.05) is 22.2 Å². The Bertz CT molecular complexity index is 1300. The van der Waals surface area contributed by atoms with E-state index < -0.39 is 65.1 Å². The number of aliphatic hydroxyl groups is 6. The molecule has 3 spiro atoms. The van der Waals surface area contributed by atoms with Gasteiger partial charge in [-0.3, -0.25) is 0 Å². The Balaban J connectivity index is 1.15. The van der Waals surface area contributed by atoms with Gasteiger partial charge in [0.25, 0.3) is 0 Å². The Labute approximate surface area is 266 Å². The second-order valence-corrected chi connectivity index (χ2v) is 17.9. The van der Waals surface area contributed by atoms with Crippen molar-refractivity contribution in [1.82, 2.24) is 0 Å². The maximum Gasteiger partial charge on any atom is 0.200 e. The van der Waals surface area contributed by atoms with Gasteiger partial charge >= 0.3 is 0 Å². The molecule has 0 radical (unpaired) electrons. The lowest BCUT2D eigenvalue weighted by atomic mass is 9.44. The predicted octanol–water partition coefficient (Wildman–Crippen LogP) is 2.01. The molecule has 8 aliphatic rings. The van der Waals surface area contributed by atoms with Crippen LogP contribution in [0, 0.1) is 44.8 Å². The molecule has 0 unspecified atom stereocenters. The molecule has 0 aromatic rings. The highest BCUT2D eigenvalue weighted by Gasteiger charge is 2.88. The summed E-state index contributed by atoms with van der Waals surface area (Å²) in [5, 5.41) is 66.9. The lowest BCUT2D eigenvalue weighted by Crippen LogP contribution is -2.61. The van der Waals surface area contributed by atoms with Crippen molar-refractivity contribution in [1.29, 1.82) is 0 Å².